The van der Waals surface area contributed by atoms with E-state index in [0.717, 1.165) is 55.2 Å². The summed E-state index contributed by atoms with van der Waals surface area (Å²) in [6.07, 6.45) is 12.0. The number of ether oxygens (including phenoxy) is 1. The van der Waals surface area contributed by atoms with Gasteiger partial charge in [0, 0.05) is 17.1 Å². The number of hydrogen-bond acceptors (Lipinski definition) is 5. The third-order valence-corrected chi connectivity index (χ3v) is 5.72. The van der Waals surface area contributed by atoms with Gasteiger partial charge in [0.25, 0.3) is 0 Å². The molecular weight excluding hydrogens is 344 g/mol. The zero-order valence-electron chi connectivity index (χ0n) is 15.9. The number of aliphatic carboxylic acids is 1. The van der Waals surface area contributed by atoms with E-state index in [0.29, 0.717) is 11.3 Å². The number of ketones is 1. The average Bonchev–Trinajstić information content (AvgIpc) is 3.00. The van der Waals surface area contributed by atoms with Crippen molar-refractivity contribution in [3.63, 3.8) is 0 Å². The van der Waals surface area contributed by atoms with Crippen LogP contribution in [-0.4, -0.2) is 30.1 Å². The molecule has 1 N–H and O–H groups in total. The van der Waals surface area contributed by atoms with Gasteiger partial charge in [-0.05, 0) is 57.4 Å². The fourth-order valence-corrected chi connectivity index (χ4v) is 4.61. The minimum absolute atomic E-state index is 0.148. The first kappa shape index (κ1) is 19.6. The molecule has 5 nitrogen and oxygen atoms in total. The van der Waals surface area contributed by atoms with E-state index in [1.807, 2.05) is 13.0 Å². The van der Waals surface area contributed by atoms with Crippen LogP contribution in [0.5, 0.6) is 0 Å². The van der Waals surface area contributed by atoms with Crippen molar-refractivity contribution >= 4 is 11.8 Å². The van der Waals surface area contributed by atoms with Gasteiger partial charge in [-0.1, -0.05) is 29.7 Å². The molecule has 0 heterocycles. The molecule has 146 valence electrons. The van der Waals surface area contributed by atoms with Gasteiger partial charge >= 0.3 is 0 Å². The van der Waals surface area contributed by atoms with Gasteiger partial charge in [0.1, 0.15) is 19.0 Å². The maximum Gasteiger partial charge on any atom is 0.188 e. The highest BCUT2D eigenvalue weighted by atomic mass is 16.5. The van der Waals surface area contributed by atoms with Crippen LogP contribution in [0.3, 0.4) is 0 Å². The van der Waals surface area contributed by atoms with Crippen molar-refractivity contribution < 1.29 is 24.5 Å². The Labute approximate surface area is 160 Å². The molecule has 5 heteroatoms. The van der Waals surface area contributed by atoms with Crippen molar-refractivity contribution in [1.82, 2.24) is 0 Å². The van der Waals surface area contributed by atoms with Gasteiger partial charge in [0.05, 0.1) is 5.97 Å². The van der Waals surface area contributed by atoms with Crippen LogP contribution in [0.25, 0.3) is 0 Å². The van der Waals surface area contributed by atoms with Crippen LogP contribution in [0, 0.1) is 5.92 Å². The molecule has 0 aromatic heterocycles. The van der Waals surface area contributed by atoms with Crippen LogP contribution in [0.2, 0.25) is 0 Å². The summed E-state index contributed by atoms with van der Waals surface area (Å²) in [5, 5.41) is 20.4. The lowest BCUT2D eigenvalue weighted by atomic mass is 9.81. The summed E-state index contributed by atoms with van der Waals surface area (Å²) in [6, 6.07) is 0. The summed E-state index contributed by atoms with van der Waals surface area (Å²) >= 11 is 0. The Morgan fingerprint density at radius 2 is 2.04 bits per heavy atom. The van der Waals surface area contributed by atoms with E-state index in [1.165, 1.54) is 18.4 Å². The zero-order valence-corrected chi connectivity index (χ0v) is 15.9. The lowest BCUT2D eigenvalue weighted by Gasteiger charge is -2.24. The first-order valence-corrected chi connectivity index (χ1v) is 9.88. The first-order valence-electron chi connectivity index (χ1n) is 9.88. The summed E-state index contributed by atoms with van der Waals surface area (Å²) in [6.45, 7) is 0.936. The predicted molar refractivity (Wildman–Crippen MR) is 99.4 cm³/mol. The smallest absolute Gasteiger partial charge is 0.188 e. The quantitative estimate of drug-likeness (QED) is 0.663. The van der Waals surface area contributed by atoms with Crippen LogP contribution < -0.4 is 5.11 Å². The molecule has 0 fully saturated rings. The molecule has 0 aliphatic heterocycles. The third kappa shape index (κ3) is 4.08. The number of carboxylic acid groups (broad SMARTS) is 1. The van der Waals surface area contributed by atoms with Crippen LogP contribution >= 0.6 is 0 Å². The largest absolute Gasteiger partial charge is 0.546 e. The summed E-state index contributed by atoms with van der Waals surface area (Å²) in [7, 11) is 0. The van der Waals surface area contributed by atoms with Crippen LogP contribution in [0.1, 0.15) is 58.3 Å². The molecule has 3 aliphatic carbocycles. The van der Waals surface area contributed by atoms with Gasteiger partial charge in [0.2, 0.25) is 0 Å². The number of aliphatic hydroxyl groups excluding tert-OH is 1. The molecule has 1 atom stereocenters. The molecule has 0 aromatic carbocycles. The number of Topliss-reactive ketones (excluding diaryl/α,β-unsaturated/α-hetero) is 1. The fourth-order valence-electron chi connectivity index (χ4n) is 4.61. The number of rotatable bonds is 8. The molecule has 3 rings (SSSR count). The van der Waals surface area contributed by atoms with Gasteiger partial charge in [-0.25, -0.2) is 0 Å². The molecule has 0 amide bonds. The van der Waals surface area contributed by atoms with E-state index in [1.54, 1.807) is 0 Å². The van der Waals surface area contributed by atoms with E-state index < -0.39 is 19.2 Å². The molecule has 3 aliphatic rings. The molecule has 1 unspecified atom stereocenters. The predicted octanol–water partition coefficient (Wildman–Crippen LogP) is 2.52. The van der Waals surface area contributed by atoms with Gasteiger partial charge in [-0.2, -0.15) is 0 Å². The van der Waals surface area contributed by atoms with E-state index >= 15 is 0 Å². The number of hydrogen-bond donors (Lipinski definition) is 1. The number of carboxylic acids is 1. The Morgan fingerprint density at radius 3 is 2.67 bits per heavy atom. The molecule has 0 bridgehead atoms. The monoisotopic (exact) mass is 371 g/mol. The second-order valence-electron chi connectivity index (χ2n) is 7.37. The zero-order chi connectivity index (χ0) is 19.4. The van der Waals surface area contributed by atoms with E-state index in [2.05, 4.69) is 6.08 Å². The minimum atomic E-state index is -1.29. The van der Waals surface area contributed by atoms with Crippen molar-refractivity contribution in [3.8, 4) is 0 Å². The van der Waals surface area contributed by atoms with E-state index in [-0.39, 0.29) is 11.7 Å². The SMILES string of the molecule is CCC1=C(C(=O)CO)C2=C(CCC=C2OCC(=O)[O-])C1CC1=CCCCC1. The molecule has 0 saturated heterocycles. The number of carbonyl (C=O) groups is 2. The number of allylic oxidation sites excluding steroid dienone is 6. The summed E-state index contributed by atoms with van der Waals surface area (Å²) in [4.78, 5) is 23.4. The lowest BCUT2D eigenvalue weighted by molar-refractivity contribution is -0.308. The summed E-state index contributed by atoms with van der Waals surface area (Å²) in [5.41, 5.74) is 4.91. The van der Waals surface area contributed by atoms with Crippen molar-refractivity contribution in [2.75, 3.05) is 13.2 Å². The highest BCUT2D eigenvalue weighted by molar-refractivity contribution is 6.03. The highest BCUT2D eigenvalue weighted by Crippen LogP contribution is 2.49. The highest BCUT2D eigenvalue weighted by Gasteiger charge is 2.38. The van der Waals surface area contributed by atoms with E-state index in [4.69, 9.17) is 4.74 Å². The second-order valence-corrected chi connectivity index (χ2v) is 7.37. The third-order valence-electron chi connectivity index (χ3n) is 5.72. The molecule has 0 aromatic rings. The van der Waals surface area contributed by atoms with Crippen LogP contribution in [-0.2, 0) is 14.3 Å². The molecular formula is C22H27O5-. The summed E-state index contributed by atoms with van der Waals surface area (Å²) < 4.78 is 5.47. The Bertz CT molecular complexity index is 751. The normalized spacial score (nSPS) is 22.4. The second kappa shape index (κ2) is 8.70. The van der Waals surface area contributed by atoms with Gasteiger partial charge in [-0.3, -0.25) is 4.79 Å². The fraction of sp³-hybridized carbons (Fsp3) is 0.545. The van der Waals surface area contributed by atoms with Gasteiger partial charge < -0.3 is 19.7 Å². The van der Waals surface area contributed by atoms with Crippen molar-refractivity contribution in [2.24, 2.45) is 5.92 Å². The van der Waals surface area contributed by atoms with Gasteiger partial charge in [-0.15, -0.1) is 0 Å². The topological polar surface area (TPSA) is 86.7 Å². The standard InChI is InChI=1S/C22H28O5/c1-2-15-17(11-14-7-4-3-5-8-14)16-9-6-10-19(27-13-20(25)26)22(16)21(15)18(24)12-23/h7,10,17,23H,2-6,8-9,11-13H2,1H3,(H,25,26)/p-1. The first-order chi connectivity index (χ1) is 13.1. The summed E-state index contributed by atoms with van der Waals surface area (Å²) in [5.74, 6) is -1.01. The number of aliphatic hydroxyl groups is 1. The Kier molecular flexibility index (Phi) is 6.32. The maximum absolute atomic E-state index is 12.6. The number of carbonyl (C=O) groups excluding carboxylic acids is 2. The van der Waals surface area contributed by atoms with E-state index in [9.17, 15) is 19.8 Å². The van der Waals surface area contributed by atoms with Gasteiger partial charge in [0.15, 0.2) is 5.78 Å². The van der Waals surface area contributed by atoms with Crippen molar-refractivity contribution in [1.29, 1.82) is 0 Å². The molecule has 27 heavy (non-hydrogen) atoms. The molecule has 0 saturated carbocycles. The Balaban J connectivity index is 2.00. The Morgan fingerprint density at radius 1 is 1.22 bits per heavy atom. The lowest BCUT2D eigenvalue weighted by Crippen LogP contribution is -2.28. The van der Waals surface area contributed by atoms with Crippen LogP contribution in [0.15, 0.2) is 45.8 Å². The van der Waals surface area contributed by atoms with Crippen LogP contribution in [0.4, 0.5) is 0 Å². The average molecular weight is 371 g/mol. The maximum atomic E-state index is 12.6. The Hall–Kier alpha value is -2.14. The molecule has 0 radical (unpaired) electrons. The van der Waals surface area contributed by atoms with Crippen molar-refractivity contribution in [2.45, 2.75) is 58.3 Å². The van der Waals surface area contributed by atoms with Crippen molar-refractivity contribution in [3.05, 3.63) is 45.8 Å². The minimum Gasteiger partial charge on any atom is -0.546 e. The molecule has 0 spiro atoms.